The minimum absolute atomic E-state index is 0.0221. The van der Waals surface area contributed by atoms with Gasteiger partial charge >= 0.3 is 0 Å². The van der Waals surface area contributed by atoms with Crippen molar-refractivity contribution < 1.29 is 4.79 Å². The smallest absolute Gasteiger partial charge is 0.267 e. The normalized spacial score (nSPS) is 18.3. The Kier molecular flexibility index (Phi) is 5.03. The van der Waals surface area contributed by atoms with Crippen molar-refractivity contribution in [3.8, 4) is 0 Å². The lowest BCUT2D eigenvalue weighted by Crippen LogP contribution is -2.50. The van der Waals surface area contributed by atoms with Crippen LogP contribution in [-0.2, 0) is 24.2 Å². The molecule has 2 aliphatic rings. The first-order chi connectivity index (χ1) is 13.1. The fourth-order valence-corrected chi connectivity index (χ4v) is 3.93. The van der Waals surface area contributed by atoms with E-state index in [1.165, 1.54) is 10.2 Å². The van der Waals surface area contributed by atoms with E-state index in [-0.39, 0.29) is 11.5 Å². The van der Waals surface area contributed by atoms with Gasteiger partial charge in [-0.05, 0) is 49.4 Å². The predicted molar refractivity (Wildman–Crippen MR) is 101 cm³/mol. The Morgan fingerprint density at radius 1 is 1.15 bits per heavy atom. The number of carbonyl (C=O) groups is 1. The highest BCUT2D eigenvalue weighted by Gasteiger charge is 2.28. The van der Waals surface area contributed by atoms with E-state index in [2.05, 4.69) is 15.0 Å². The topological polar surface area (TPSA) is 71.3 Å². The van der Waals surface area contributed by atoms with Gasteiger partial charge in [-0.2, -0.15) is 5.10 Å². The Morgan fingerprint density at radius 3 is 2.63 bits per heavy atom. The summed E-state index contributed by atoms with van der Waals surface area (Å²) < 4.78 is 1.37. The molecule has 0 radical (unpaired) electrons. The summed E-state index contributed by atoms with van der Waals surface area (Å²) in [5.41, 5.74) is 3.07. The first kappa shape index (κ1) is 17.9. The summed E-state index contributed by atoms with van der Waals surface area (Å²) >= 11 is 0. The van der Waals surface area contributed by atoms with E-state index < -0.39 is 6.04 Å². The molecule has 7 nitrogen and oxygen atoms in total. The molecule has 0 spiro atoms. The number of hydrogen-bond acceptors (Lipinski definition) is 5. The van der Waals surface area contributed by atoms with Gasteiger partial charge in [0.1, 0.15) is 6.04 Å². The van der Waals surface area contributed by atoms with Gasteiger partial charge in [0.25, 0.3) is 5.56 Å². The lowest BCUT2D eigenvalue weighted by atomic mass is 10.2. The molecular formula is C20H25N5O2. The molecule has 1 amide bonds. The lowest BCUT2D eigenvalue weighted by molar-refractivity contribution is -0.136. The van der Waals surface area contributed by atoms with Crippen molar-refractivity contribution in [3.05, 3.63) is 57.8 Å². The van der Waals surface area contributed by atoms with Crippen LogP contribution in [0, 0.1) is 0 Å². The van der Waals surface area contributed by atoms with Crippen molar-refractivity contribution in [2.24, 2.45) is 0 Å². The van der Waals surface area contributed by atoms with Crippen molar-refractivity contribution >= 4 is 5.91 Å². The van der Waals surface area contributed by atoms with Gasteiger partial charge < -0.3 is 4.90 Å². The maximum absolute atomic E-state index is 12.9. The molecule has 7 heteroatoms. The summed E-state index contributed by atoms with van der Waals surface area (Å²) in [6.07, 6.45) is 6.45. The van der Waals surface area contributed by atoms with Gasteiger partial charge in [0, 0.05) is 51.2 Å². The second kappa shape index (κ2) is 7.60. The first-order valence-electron chi connectivity index (χ1n) is 9.63. The highest BCUT2D eigenvalue weighted by Crippen LogP contribution is 2.19. The van der Waals surface area contributed by atoms with E-state index in [0.717, 1.165) is 50.2 Å². The molecule has 1 fully saturated rings. The van der Waals surface area contributed by atoms with E-state index in [9.17, 15) is 9.59 Å². The number of pyridine rings is 1. The summed E-state index contributed by atoms with van der Waals surface area (Å²) in [7, 11) is 0. The van der Waals surface area contributed by atoms with Gasteiger partial charge in [-0.3, -0.25) is 19.5 Å². The third kappa shape index (κ3) is 3.78. The zero-order valence-corrected chi connectivity index (χ0v) is 15.7. The molecule has 1 unspecified atom stereocenters. The number of nitrogens with zero attached hydrogens (tertiary/aromatic N) is 5. The zero-order valence-electron chi connectivity index (χ0n) is 15.7. The molecule has 1 atom stereocenters. The van der Waals surface area contributed by atoms with Gasteiger partial charge in [0.2, 0.25) is 5.91 Å². The van der Waals surface area contributed by atoms with Crippen molar-refractivity contribution in [1.29, 1.82) is 0 Å². The Morgan fingerprint density at radius 2 is 1.89 bits per heavy atom. The van der Waals surface area contributed by atoms with E-state index in [4.69, 9.17) is 0 Å². The molecule has 1 saturated heterocycles. The van der Waals surface area contributed by atoms with Crippen LogP contribution in [0.5, 0.6) is 0 Å². The summed E-state index contributed by atoms with van der Waals surface area (Å²) in [5.74, 6) is -0.0221. The van der Waals surface area contributed by atoms with Gasteiger partial charge in [0.15, 0.2) is 0 Å². The number of fused-ring (bicyclic) bond motifs is 1. The molecule has 4 rings (SSSR count). The number of hydrogen-bond donors (Lipinski definition) is 0. The summed E-state index contributed by atoms with van der Waals surface area (Å²) in [6.45, 7) is 5.65. The number of aromatic nitrogens is 3. The number of aryl methyl sites for hydroxylation is 2. The van der Waals surface area contributed by atoms with Crippen LogP contribution in [0.15, 0.2) is 35.4 Å². The molecule has 1 aliphatic carbocycles. The van der Waals surface area contributed by atoms with Crippen LogP contribution < -0.4 is 5.56 Å². The average Bonchev–Trinajstić information content (AvgIpc) is 3.15. The highest BCUT2D eigenvalue weighted by atomic mass is 16.2. The fraction of sp³-hybridized carbons (Fsp3) is 0.500. The zero-order chi connectivity index (χ0) is 18.8. The van der Waals surface area contributed by atoms with Gasteiger partial charge in [-0.1, -0.05) is 0 Å². The second-order valence-corrected chi connectivity index (χ2v) is 7.39. The minimum atomic E-state index is -0.560. The van der Waals surface area contributed by atoms with Crippen LogP contribution in [0.4, 0.5) is 0 Å². The second-order valence-electron chi connectivity index (χ2n) is 7.39. The van der Waals surface area contributed by atoms with Crippen molar-refractivity contribution in [1.82, 2.24) is 24.6 Å². The summed E-state index contributed by atoms with van der Waals surface area (Å²) in [4.78, 5) is 33.5. The summed E-state index contributed by atoms with van der Waals surface area (Å²) in [5, 5.41) is 4.48. The van der Waals surface area contributed by atoms with Gasteiger partial charge in [-0.25, -0.2) is 4.68 Å². The van der Waals surface area contributed by atoms with Crippen molar-refractivity contribution in [2.45, 2.75) is 38.8 Å². The Bertz CT molecular complexity index is 872. The summed E-state index contributed by atoms with van der Waals surface area (Å²) in [6, 6.07) is 5.14. The van der Waals surface area contributed by atoms with Crippen molar-refractivity contribution in [2.75, 3.05) is 26.2 Å². The SMILES string of the molecule is CC(C(=O)N1CCN(Cc2ccncc2)CC1)n1nc2c(cc1=O)CCC2. The molecule has 0 N–H and O–H groups in total. The van der Waals surface area contributed by atoms with Crippen LogP contribution in [0.25, 0.3) is 0 Å². The first-order valence-corrected chi connectivity index (χ1v) is 9.63. The molecule has 2 aromatic rings. The molecule has 27 heavy (non-hydrogen) atoms. The van der Waals surface area contributed by atoms with E-state index in [1.807, 2.05) is 17.0 Å². The Hall–Kier alpha value is -2.54. The standard InChI is InChI=1S/C20H25N5O2/c1-15(25-19(26)13-17-3-2-4-18(17)22-25)20(27)24-11-9-23(10-12-24)14-16-5-7-21-8-6-16/h5-8,13,15H,2-4,9-12,14H2,1H3. The molecule has 142 valence electrons. The minimum Gasteiger partial charge on any atom is -0.338 e. The number of amides is 1. The third-order valence-electron chi connectivity index (χ3n) is 5.55. The van der Waals surface area contributed by atoms with E-state index in [0.29, 0.717) is 13.1 Å². The Labute approximate surface area is 158 Å². The van der Waals surface area contributed by atoms with E-state index in [1.54, 1.807) is 25.4 Å². The average molecular weight is 367 g/mol. The van der Waals surface area contributed by atoms with Crippen LogP contribution in [-0.4, -0.2) is 56.7 Å². The van der Waals surface area contributed by atoms with Crippen LogP contribution in [0.2, 0.25) is 0 Å². The fourth-order valence-electron chi connectivity index (χ4n) is 3.93. The maximum Gasteiger partial charge on any atom is 0.267 e. The highest BCUT2D eigenvalue weighted by molar-refractivity contribution is 5.80. The van der Waals surface area contributed by atoms with Crippen LogP contribution in [0.1, 0.15) is 36.2 Å². The lowest BCUT2D eigenvalue weighted by Gasteiger charge is -2.36. The predicted octanol–water partition coefficient (Wildman–Crippen LogP) is 1.03. The number of rotatable bonds is 4. The molecule has 1 aliphatic heterocycles. The molecular weight excluding hydrogens is 342 g/mol. The molecule has 0 aromatic carbocycles. The van der Waals surface area contributed by atoms with Gasteiger partial charge in [-0.15, -0.1) is 0 Å². The van der Waals surface area contributed by atoms with Crippen molar-refractivity contribution in [3.63, 3.8) is 0 Å². The monoisotopic (exact) mass is 367 g/mol. The largest absolute Gasteiger partial charge is 0.338 e. The van der Waals surface area contributed by atoms with E-state index >= 15 is 0 Å². The molecule has 3 heterocycles. The molecule has 0 bridgehead atoms. The number of carbonyl (C=O) groups excluding carboxylic acids is 1. The van der Waals surface area contributed by atoms with Crippen LogP contribution >= 0.6 is 0 Å². The molecule has 2 aromatic heterocycles. The molecule has 0 saturated carbocycles. The van der Waals surface area contributed by atoms with Crippen LogP contribution in [0.3, 0.4) is 0 Å². The Balaban J connectivity index is 1.38. The maximum atomic E-state index is 12.9. The van der Waals surface area contributed by atoms with Gasteiger partial charge in [0.05, 0.1) is 5.69 Å². The number of piperazine rings is 1. The quantitative estimate of drug-likeness (QED) is 0.807. The third-order valence-corrected chi connectivity index (χ3v) is 5.55.